The van der Waals surface area contributed by atoms with Gasteiger partial charge in [0.15, 0.2) is 0 Å². The second-order valence-electron chi connectivity index (χ2n) is 0.211. The quantitative estimate of drug-likeness (QED) is 0.391. The van der Waals surface area contributed by atoms with Gasteiger partial charge in [-0.1, -0.05) is 0 Å². The molecule has 0 atom stereocenters. The molecule has 7 heteroatoms. The predicted molar refractivity (Wildman–Crippen MR) is 23.1 cm³/mol. The third kappa shape index (κ3) is 3820. The molecule has 0 rings (SSSR count). The van der Waals surface area contributed by atoms with Crippen molar-refractivity contribution in [1.82, 2.24) is 0 Å². The first-order chi connectivity index (χ1) is 2.83. The Morgan fingerprint density at radius 1 is 1.00 bits per heavy atom. The second kappa shape index (κ2) is 40.2. The Hall–Kier alpha value is -0.151. The molecule has 0 heterocycles. The van der Waals surface area contributed by atoms with E-state index in [1.54, 1.807) is 0 Å². The van der Waals surface area contributed by atoms with Gasteiger partial charge in [0.05, 0.1) is 0 Å². The first-order valence-corrected chi connectivity index (χ1v) is 0.988. The van der Waals surface area contributed by atoms with Crippen molar-refractivity contribution in [2.75, 3.05) is 0 Å². The maximum absolute atomic E-state index is 8.36. The van der Waals surface area contributed by atoms with E-state index < -0.39 is 0 Å². The fourth-order valence-electron chi connectivity index (χ4n) is 0. The van der Waals surface area contributed by atoms with Gasteiger partial charge in [0.25, 0.3) is 0 Å². The summed E-state index contributed by atoms with van der Waals surface area (Å²) in [5, 5.41) is 13.8. The van der Waals surface area contributed by atoms with Crippen LogP contribution in [-0.4, -0.2) is 41.8 Å². The van der Waals surface area contributed by atoms with Crippen LogP contribution in [0.1, 0.15) is 0 Å². The summed E-state index contributed by atoms with van der Waals surface area (Å²) in [7, 11) is -0.500. The van der Waals surface area contributed by atoms with Gasteiger partial charge >= 0.3 is 34.2 Å². The van der Waals surface area contributed by atoms with E-state index >= 15 is 0 Å². The summed E-state index contributed by atoms with van der Waals surface area (Å²) in [5.74, 6) is 0. The standard InChI is InChI=1S/2BHO2.Se/c2*2-1-3;/h2*2H;. The fourth-order valence-corrected chi connectivity index (χ4v) is 0. The molecule has 0 aliphatic carbocycles. The van der Waals surface area contributed by atoms with Crippen LogP contribution < -0.4 is 0 Å². The first-order valence-electron chi connectivity index (χ1n) is 0.988. The molecule has 0 aliphatic heterocycles. The third-order valence-electron chi connectivity index (χ3n) is 0. The van der Waals surface area contributed by atoms with Crippen molar-refractivity contribution in [3.8, 4) is 0 Å². The van der Waals surface area contributed by atoms with E-state index in [9.17, 15) is 0 Å². The summed E-state index contributed by atoms with van der Waals surface area (Å²) < 4.78 is 16.7. The topological polar surface area (TPSA) is 74.6 Å². The van der Waals surface area contributed by atoms with Crippen LogP contribution in [0.15, 0.2) is 0 Å². The van der Waals surface area contributed by atoms with E-state index in [0.717, 1.165) is 0 Å². The minimum absolute atomic E-state index is 0. The monoisotopic (exact) mass is 168 g/mol. The molecule has 2 radical (unpaired) electrons. The van der Waals surface area contributed by atoms with Crippen LogP contribution in [0.3, 0.4) is 0 Å². The molecule has 0 saturated carbocycles. The van der Waals surface area contributed by atoms with E-state index in [-0.39, 0.29) is 31.8 Å². The largest absolute Gasteiger partial charge is 0 e. The van der Waals surface area contributed by atoms with E-state index in [1.807, 2.05) is 0 Å². The second-order valence-corrected chi connectivity index (χ2v) is 0.211. The normalized spacial score (nSPS) is 2.29. The molecule has 0 spiro atoms. The molecule has 0 fully saturated rings. The molecule has 0 aromatic rings. The summed E-state index contributed by atoms with van der Waals surface area (Å²) in [6.45, 7) is 0. The zero-order valence-corrected chi connectivity index (χ0v) is 4.99. The molecule has 0 unspecified atom stereocenters. The Balaban J connectivity index is -0.0000000400. The average Bonchev–Trinajstić information content (AvgIpc) is 1.39. The van der Waals surface area contributed by atoms with Gasteiger partial charge in [-0.15, -0.1) is 0 Å². The zero-order chi connectivity index (χ0) is 5.41. The molecule has 0 aromatic carbocycles. The van der Waals surface area contributed by atoms with E-state index in [0.29, 0.717) is 0 Å². The Morgan fingerprint density at radius 2 is 1.00 bits per heavy atom. The van der Waals surface area contributed by atoms with Crippen LogP contribution in [0.25, 0.3) is 0 Å². The number of hydrogen-bond acceptors (Lipinski definition) is 2. The number of rotatable bonds is 0. The molecular weight excluding hydrogens is 165 g/mol. The van der Waals surface area contributed by atoms with Crippen molar-refractivity contribution in [3.63, 3.8) is 0 Å². The van der Waals surface area contributed by atoms with Gasteiger partial charge in [-0.05, 0) is 0 Å². The molecule has 2 N–H and O–H groups in total. The van der Waals surface area contributed by atoms with Crippen LogP contribution in [-0.2, 0) is 9.41 Å². The predicted octanol–water partition coefficient (Wildman–Crippen LogP) is -2.49. The van der Waals surface area contributed by atoms with Crippen molar-refractivity contribution in [2.45, 2.75) is 0 Å². The summed E-state index contributed by atoms with van der Waals surface area (Å²) in [4.78, 5) is 0. The van der Waals surface area contributed by atoms with Gasteiger partial charge in [-0.3, -0.25) is 0 Å². The zero-order valence-electron chi connectivity index (χ0n) is 3.27. The van der Waals surface area contributed by atoms with Gasteiger partial charge < -0.3 is 0 Å². The molecule has 38 valence electrons. The van der Waals surface area contributed by atoms with Crippen LogP contribution in [0.5, 0.6) is 0 Å². The summed E-state index contributed by atoms with van der Waals surface area (Å²) in [6.07, 6.45) is 0. The van der Waals surface area contributed by atoms with Crippen molar-refractivity contribution >= 4 is 31.8 Å². The molecule has 0 saturated heterocycles. The molecule has 0 aromatic heterocycles. The third-order valence-corrected chi connectivity index (χ3v) is 0. The van der Waals surface area contributed by atoms with E-state index in [1.165, 1.54) is 0 Å². The molecule has 0 bridgehead atoms. The van der Waals surface area contributed by atoms with Crippen LogP contribution >= 0.6 is 0 Å². The summed E-state index contributed by atoms with van der Waals surface area (Å²) in [5.41, 5.74) is 0. The molecule has 0 amide bonds. The Morgan fingerprint density at radius 3 is 1.00 bits per heavy atom. The van der Waals surface area contributed by atoms with Gasteiger partial charge in [-0.2, -0.15) is 0 Å². The van der Waals surface area contributed by atoms with E-state index in [2.05, 4.69) is 0 Å². The van der Waals surface area contributed by atoms with Gasteiger partial charge in [0.2, 0.25) is 0 Å². The average molecular weight is 167 g/mol. The number of hydrogen-bond donors (Lipinski definition) is 2. The molecule has 4 nitrogen and oxygen atoms in total. The maximum atomic E-state index is 8.36. The van der Waals surface area contributed by atoms with Crippen LogP contribution in [0.2, 0.25) is 0 Å². The minimum atomic E-state index is -0.250. The maximum Gasteiger partial charge on any atom is 0 e. The SMILES string of the molecule is O=BO.O=BO.[Se]. The van der Waals surface area contributed by atoms with Gasteiger partial charge in [0.1, 0.15) is 0 Å². The van der Waals surface area contributed by atoms with Crippen molar-refractivity contribution in [1.29, 1.82) is 0 Å². The van der Waals surface area contributed by atoms with E-state index in [4.69, 9.17) is 19.5 Å². The Kier molecular flexibility index (Phi) is 90.9. The van der Waals surface area contributed by atoms with Gasteiger partial charge in [-0.25, -0.2) is 0 Å². The van der Waals surface area contributed by atoms with Crippen LogP contribution in [0, 0.1) is 0 Å². The van der Waals surface area contributed by atoms with Crippen molar-refractivity contribution in [2.24, 2.45) is 0 Å². The summed E-state index contributed by atoms with van der Waals surface area (Å²) in [6, 6.07) is 0. The van der Waals surface area contributed by atoms with Crippen molar-refractivity contribution < 1.29 is 19.5 Å². The minimum Gasteiger partial charge on any atom is 0 e. The van der Waals surface area contributed by atoms with Crippen molar-refractivity contribution in [3.05, 3.63) is 0 Å². The van der Waals surface area contributed by atoms with Crippen LogP contribution in [0.4, 0.5) is 0 Å². The summed E-state index contributed by atoms with van der Waals surface area (Å²) >= 11 is 0. The molecular formula is H2B2O4Se. The van der Waals surface area contributed by atoms with Gasteiger partial charge in [0, 0.05) is 17.1 Å². The fraction of sp³-hybridized carbons (Fsp3) is 0. The Bertz CT molecular complexity index is 30.7. The first kappa shape index (κ1) is 15.8. The molecule has 0 aliphatic rings. The Labute approximate surface area is 52.0 Å². The smallest absolute Gasteiger partial charge is 0 e. The molecule has 7 heavy (non-hydrogen) atoms.